The summed E-state index contributed by atoms with van der Waals surface area (Å²) < 4.78 is 4.96. The summed E-state index contributed by atoms with van der Waals surface area (Å²) >= 11 is 0. The molecule has 0 fully saturated rings. The highest BCUT2D eigenvalue weighted by Gasteiger charge is 2.16. The Hall–Kier alpha value is -1.16. The minimum Gasteiger partial charge on any atom is -0.467 e. The van der Waals surface area contributed by atoms with Gasteiger partial charge in [-0.15, -0.1) is 0 Å². The van der Waals surface area contributed by atoms with Gasteiger partial charge in [-0.1, -0.05) is 0 Å². The molecule has 1 unspecified atom stereocenters. The Balaban J connectivity index is 2.31. The monoisotopic (exact) mass is 179 g/mol. The van der Waals surface area contributed by atoms with Crippen molar-refractivity contribution in [2.75, 3.05) is 7.11 Å². The number of nitrogens with zero attached hydrogens (tertiary/aromatic N) is 2. The van der Waals surface area contributed by atoms with Crippen LogP contribution in [0, 0.1) is 0 Å². The Labute approximate surface area is 77.4 Å². The van der Waals surface area contributed by atoms with Crippen LogP contribution in [0.4, 0.5) is 0 Å². The van der Waals surface area contributed by atoms with Crippen LogP contribution in [0.25, 0.3) is 0 Å². The number of ether oxygens (including phenoxy) is 1. The van der Waals surface area contributed by atoms with Gasteiger partial charge < -0.3 is 10.1 Å². The molecule has 0 aliphatic carbocycles. The fraction of sp³-hybridized carbons (Fsp3) is 0.556. The van der Waals surface area contributed by atoms with Crippen LogP contribution in [0.5, 0.6) is 6.01 Å². The molecule has 13 heavy (non-hydrogen) atoms. The van der Waals surface area contributed by atoms with E-state index in [1.807, 2.05) is 6.20 Å². The van der Waals surface area contributed by atoms with E-state index in [2.05, 4.69) is 22.2 Å². The molecule has 4 heteroatoms. The third-order valence-corrected chi connectivity index (χ3v) is 2.26. The molecule has 0 amide bonds. The summed E-state index contributed by atoms with van der Waals surface area (Å²) in [6.07, 6.45) is 2.86. The normalized spacial score (nSPS) is 20.9. The van der Waals surface area contributed by atoms with Gasteiger partial charge in [-0.2, -0.15) is 4.98 Å². The van der Waals surface area contributed by atoms with Crippen LogP contribution >= 0.6 is 0 Å². The summed E-state index contributed by atoms with van der Waals surface area (Å²) in [6, 6.07) is 0.972. The summed E-state index contributed by atoms with van der Waals surface area (Å²) in [5.41, 5.74) is 2.29. The first-order chi connectivity index (χ1) is 6.29. The van der Waals surface area contributed by atoms with Crippen LogP contribution in [-0.2, 0) is 13.0 Å². The average Bonchev–Trinajstić information content (AvgIpc) is 2.17. The van der Waals surface area contributed by atoms with Crippen LogP contribution in [0.3, 0.4) is 0 Å². The molecule has 1 aromatic heterocycles. The third kappa shape index (κ3) is 1.62. The van der Waals surface area contributed by atoms with E-state index in [0.717, 1.165) is 18.7 Å². The smallest absolute Gasteiger partial charge is 0.316 e. The van der Waals surface area contributed by atoms with Gasteiger partial charge in [0.1, 0.15) is 0 Å². The summed E-state index contributed by atoms with van der Waals surface area (Å²) in [6.45, 7) is 2.97. The first-order valence-electron chi connectivity index (χ1n) is 4.42. The van der Waals surface area contributed by atoms with E-state index >= 15 is 0 Å². The number of methoxy groups -OCH3 is 1. The molecule has 1 aliphatic heterocycles. The van der Waals surface area contributed by atoms with Gasteiger partial charge >= 0.3 is 6.01 Å². The number of fused-ring (bicyclic) bond motifs is 1. The number of hydrogen-bond donors (Lipinski definition) is 1. The molecular weight excluding hydrogens is 166 g/mol. The first kappa shape index (κ1) is 8.44. The second-order valence-corrected chi connectivity index (χ2v) is 3.31. The maximum Gasteiger partial charge on any atom is 0.316 e. The van der Waals surface area contributed by atoms with E-state index in [1.54, 1.807) is 7.11 Å². The molecule has 0 spiro atoms. The van der Waals surface area contributed by atoms with Crippen molar-refractivity contribution in [2.45, 2.75) is 25.9 Å². The van der Waals surface area contributed by atoms with Crippen molar-refractivity contribution in [2.24, 2.45) is 0 Å². The molecule has 0 radical (unpaired) electrons. The lowest BCUT2D eigenvalue weighted by molar-refractivity contribution is 0.373. The summed E-state index contributed by atoms with van der Waals surface area (Å²) in [5.74, 6) is 0. The van der Waals surface area contributed by atoms with Crippen LogP contribution < -0.4 is 10.1 Å². The minimum absolute atomic E-state index is 0.454. The highest BCUT2D eigenvalue weighted by molar-refractivity contribution is 5.22. The van der Waals surface area contributed by atoms with Crippen molar-refractivity contribution >= 4 is 0 Å². The molecule has 0 aromatic carbocycles. The van der Waals surface area contributed by atoms with E-state index in [4.69, 9.17) is 4.74 Å². The Morgan fingerprint density at radius 1 is 1.62 bits per heavy atom. The largest absolute Gasteiger partial charge is 0.467 e. The van der Waals surface area contributed by atoms with Crippen molar-refractivity contribution in [3.05, 3.63) is 17.5 Å². The van der Waals surface area contributed by atoms with Gasteiger partial charge in [0.15, 0.2) is 0 Å². The molecule has 0 bridgehead atoms. The predicted octanol–water partition coefficient (Wildman–Crippen LogP) is 0.519. The lowest BCUT2D eigenvalue weighted by Crippen LogP contribution is -2.33. The van der Waals surface area contributed by atoms with Gasteiger partial charge in [0.2, 0.25) is 0 Å². The van der Waals surface area contributed by atoms with Crippen molar-refractivity contribution in [3.8, 4) is 6.01 Å². The van der Waals surface area contributed by atoms with Gasteiger partial charge in [-0.25, -0.2) is 4.98 Å². The van der Waals surface area contributed by atoms with Crippen molar-refractivity contribution in [3.63, 3.8) is 0 Å². The standard InChI is InChI=1S/C9H13N3O/c1-6-3-7-4-11-9(13-2)12-8(7)5-10-6/h4,6,10H,3,5H2,1-2H3. The maximum absolute atomic E-state index is 4.96. The Morgan fingerprint density at radius 3 is 3.23 bits per heavy atom. The lowest BCUT2D eigenvalue weighted by Gasteiger charge is -2.21. The molecular formula is C9H13N3O. The zero-order valence-electron chi connectivity index (χ0n) is 7.87. The van der Waals surface area contributed by atoms with Gasteiger partial charge in [-0.05, 0) is 18.9 Å². The SMILES string of the molecule is COc1ncc2c(n1)CNC(C)C2. The summed E-state index contributed by atoms with van der Waals surface area (Å²) in [5, 5.41) is 3.34. The van der Waals surface area contributed by atoms with E-state index in [9.17, 15) is 0 Å². The summed E-state index contributed by atoms with van der Waals surface area (Å²) in [7, 11) is 1.58. The minimum atomic E-state index is 0.454. The molecule has 4 nitrogen and oxygen atoms in total. The van der Waals surface area contributed by atoms with Crippen molar-refractivity contribution < 1.29 is 4.74 Å². The molecule has 70 valence electrons. The second kappa shape index (κ2) is 3.30. The first-order valence-corrected chi connectivity index (χ1v) is 4.42. The molecule has 2 heterocycles. The maximum atomic E-state index is 4.96. The van der Waals surface area contributed by atoms with Crippen LogP contribution in [-0.4, -0.2) is 23.1 Å². The average molecular weight is 179 g/mol. The highest BCUT2D eigenvalue weighted by atomic mass is 16.5. The lowest BCUT2D eigenvalue weighted by atomic mass is 10.0. The molecule has 1 aromatic rings. The molecule has 1 atom stereocenters. The van der Waals surface area contributed by atoms with Gasteiger partial charge in [-0.3, -0.25) is 0 Å². The number of aromatic nitrogens is 2. The van der Waals surface area contributed by atoms with E-state index in [1.165, 1.54) is 5.56 Å². The quantitative estimate of drug-likeness (QED) is 0.682. The van der Waals surface area contributed by atoms with E-state index < -0.39 is 0 Å². The highest BCUT2D eigenvalue weighted by Crippen LogP contribution is 2.15. The van der Waals surface area contributed by atoms with E-state index in [0.29, 0.717) is 12.1 Å². The van der Waals surface area contributed by atoms with Crippen LogP contribution in [0.15, 0.2) is 6.20 Å². The summed E-state index contributed by atoms with van der Waals surface area (Å²) in [4.78, 5) is 8.35. The van der Waals surface area contributed by atoms with Gasteiger partial charge in [0.25, 0.3) is 0 Å². The fourth-order valence-electron chi connectivity index (χ4n) is 1.52. The van der Waals surface area contributed by atoms with Gasteiger partial charge in [0.05, 0.1) is 12.8 Å². The second-order valence-electron chi connectivity index (χ2n) is 3.31. The molecule has 0 saturated heterocycles. The predicted molar refractivity (Wildman–Crippen MR) is 48.6 cm³/mol. The van der Waals surface area contributed by atoms with Crippen molar-refractivity contribution in [1.29, 1.82) is 0 Å². The Kier molecular flexibility index (Phi) is 2.14. The fourth-order valence-corrected chi connectivity index (χ4v) is 1.52. The number of rotatable bonds is 1. The van der Waals surface area contributed by atoms with Crippen molar-refractivity contribution in [1.82, 2.24) is 15.3 Å². The van der Waals surface area contributed by atoms with Gasteiger partial charge in [0, 0.05) is 18.8 Å². The topological polar surface area (TPSA) is 47.0 Å². The zero-order valence-corrected chi connectivity index (χ0v) is 7.87. The molecule has 0 saturated carbocycles. The molecule has 1 N–H and O–H groups in total. The number of nitrogens with one attached hydrogen (secondary N) is 1. The Bertz CT molecular complexity index is 314. The zero-order chi connectivity index (χ0) is 9.26. The molecule has 1 aliphatic rings. The van der Waals surface area contributed by atoms with Crippen LogP contribution in [0.2, 0.25) is 0 Å². The van der Waals surface area contributed by atoms with Crippen LogP contribution in [0.1, 0.15) is 18.2 Å². The number of hydrogen-bond acceptors (Lipinski definition) is 4. The Morgan fingerprint density at radius 2 is 2.46 bits per heavy atom. The molecule has 2 rings (SSSR count). The third-order valence-electron chi connectivity index (χ3n) is 2.26. The van der Waals surface area contributed by atoms with E-state index in [-0.39, 0.29) is 0 Å².